The summed E-state index contributed by atoms with van der Waals surface area (Å²) in [6.45, 7) is 15.1. The number of benzene rings is 2. The molecule has 0 saturated heterocycles. The molecule has 0 atom stereocenters. The van der Waals surface area contributed by atoms with E-state index in [1.807, 2.05) is 12.1 Å². The highest BCUT2D eigenvalue weighted by atomic mass is 16.3. The van der Waals surface area contributed by atoms with Crippen molar-refractivity contribution in [3.63, 3.8) is 0 Å². The third-order valence-corrected chi connectivity index (χ3v) is 4.18. The number of fused-ring (bicyclic) bond motifs is 1. The first kappa shape index (κ1) is 17.6. The van der Waals surface area contributed by atoms with Crippen LogP contribution < -0.4 is 0 Å². The Morgan fingerprint density at radius 2 is 0.958 bits per heavy atom. The van der Waals surface area contributed by atoms with Crippen molar-refractivity contribution in [3.05, 3.63) is 85.0 Å². The average molecular weight is 320 g/mol. The van der Waals surface area contributed by atoms with E-state index in [9.17, 15) is 10.2 Å². The Kier molecular flexibility index (Phi) is 5.64. The minimum Gasteiger partial charge on any atom is -0.507 e. The van der Waals surface area contributed by atoms with E-state index in [4.69, 9.17) is 0 Å². The number of phenols is 2. The van der Waals surface area contributed by atoms with Crippen molar-refractivity contribution >= 4 is 10.8 Å². The molecule has 0 aliphatic rings. The Hall–Kier alpha value is -2.74. The summed E-state index contributed by atoms with van der Waals surface area (Å²) in [4.78, 5) is 0. The van der Waals surface area contributed by atoms with Crippen LogP contribution in [-0.2, 0) is 25.7 Å². The molecule has 0 amide bonds. The number of rotatable bonds is 8. The number of hydrogen-bond donors (Lipinski definition) is 2. The molecule has 0 spiro atoms. The third kappa shape index (κ3) is 3.13. The van der Waals surface area contributed by atoms with E-state index in [2.05, 4.69) is 26.3 Å². The van der Waals surface area contributed by atoms with Crippen LogP contribution in [0, 0.1) is 0 Å². The van der Waals surface area contributed by atoms with Gasteiger partial charge in [-0.25, -0.2) is 0 Å². The summed E-state index contributed by atoms with van der Waals surface area (Å²) in [6, 6.07) is 3.88. The highest BCUT2D eigenvalue weighted by Gasteiger charge is 2.17. The van der Waals surface area contributed by atoms with Crippen molar-refractivity contribution < 1.29 is 10.2 Å². The lowest BCUT2D eigenvalue weighted by Crippen LogP contribution is -1.98. The summed E-state index contributed by atoms with van der Waals surface area (Å²) in [5, 5.41) is 23.2. The molecule has 0 radical (unpaired) electrons. The molecule has 124 valence electrons. The maximum atomic E-state index is 10.7. The fourth-order valence-corrected chi connectivity index (χ4v) is 3.11. The fraction of sp³-hybridized carbons (Fsp3) is 0.182. The predicted octanol–water partition coefficient (Wildman–Crippen LogP) is 5.17. The molecule has 0 saturated carbocycles. The number of aromatic hydroxyl groups is 2. The van der Waals surface area contributed by atoms with Crippen LogP contribution in [0.4, 0.5) is 0 Å². The van der Waals surface area contributed by atoms with Crippen LogP contribution in [0.25, 0.3) is 10.8 Å². The SMILES string of the molecule is C=CCc1cc2c(CC=C)c(O)c(CC=C)cc2c(CC=C)c1O. The number of hydrogen-bond acceptors (Lipinski definition) is 2. The molecule has 24 heavy (non-hydrogen) atoms. The van der Waals surface area contributed by atoms with Crippen molar-refractivity contribution in [2.75, 3.05) is 0 Å². The summed E-state index contributed by atoms with van der Waals surface area (Å²) in [7, 11) is 0. The van der Waals surface area contributed by atoms with Gasteiger partial charge in [-0.1, -0.05) is 24.3 Å². The van der Waals surface area contributed by atoms with E-state index in [0.29, 0.717) is 25.7 Å². The van der Waals surface area contributed by atoms with Gasteiger partial charge in [0, 0.05) is 11.1 Å². The van der Waals surface area contributed by atoms with Crippen molar-refractivity contribution in [1.82, 2.24) is 0 Å². The molecule has 2 rings (SSSR count). The van der Waals surface area contributed by atoms with Crippen LogP contribution in [0.2, 0.25) is 0 Å². The summed E-state index contributed by atoms with van der Waals surface area (Å²) >= 11 is 0. The molecule has 0 aromatic heterocycles. The molecule has 2 N–H and O–H groups in total. The van der Waals surface area contributed by atoms with Gasteiger partial charge in [0.15, 0.2) is 0 Å². The molecule has 0 aliphatic carbocycles. The van der Waals surface area contributed by atoms with Gasteiger partial charge in [0.25, 0.3) is 0 Å². The first-order valence-electron chi connectivity index (χ1n) is 8.03. The number of allylic oxidation sites excluding steroid dienone is 4. The maximum Gasteiger partial charge on any atom is 0.123 e. The van der Waals surface area contributed by atoms with Crippen LogP contribution in [-0.4, -0.2) is 10.2 Å². The highest BCUT2D eigenvalue weighted by molar-refractivity contribution is 5.94. The van der Waals surface area contributed by atoms with Gasteiger partial charge in [-0.2, -0.15) is 0 Å². The topological polar surface area (TPSA) is 40.5 Å². The van der Waals surface area contributed by atoms with Crippen molar-refractivity contribution in [2.24, 2.45) is 0 Å². The Labute approximate surface area is 143 Å². The molecular formula is C22H24O2. The van der Waals surface area contributed by atoms with E-state index < -0.39 is 0 Å². The van der Waals surface area contributed by atoms with Gasteiger partial charge in [0.2, 0.25) is 0 Å². The Morgan fingerprint density at radius 3 is 1.25 bits per heavy atom. The largest absolute Gasteiger partial charge is 0.507 e. The molecule has 0 fully saturated rings. The number of phenolic OH excluding ortho intramolecular Hbond substituents is 2. The summed E-state index contributed by atoms with van der Waals surface area (Å²) in [5.74, 6) is 0.559. The van der Waals surface area contributed by atoms with Gasteiger partial charge in [0.05, 0.1) is 0 Å². The quantitative estimate of drug-likeness (QED) is 0.659. The molecule has 2 nitrogen and oxygen atoms in total. The van der Waals surface area contributed by atoms with Crippen molar-refractivity contribution in [3.8, 4) is 11.5 Å². The Balaban J connectivity index is 2.95. The van der Waals surface area contributed by atoms with Crippen LogP contribution in [0.15, 0.2) is 62.8 Å². The van der Waals surface area contributed by atoms with Crippen LogP contribution in [0.5, 0.6) is 11.5 Å². The molecule has 0 unspecified atom stereocenters. The lowest BCUT2D eigenvalue weighted by molar-refractivity contribution is 0.462. The second kappa shape index (κ2) is 7.69. The molecular weight excluding hydrogens is 296 g/mol. The van der Waals surface area contributed by atoms with Gasteiger partial charge in [-0.05, 0) is 59.7 Å². The molecule has 0 heterocycles. The zero-order valence-corrected chi connectivity index (χ0v) is 14.0. The molecule has 2 heteroatoms. The van der Waals surface area contributed by atoms with Gasteiger partial charge < -0.3 is 10.2 Å². The molecule has 2 aromatic rings. The maximum absolute atomic E-state index is 10.7. The van der Waals surface area contributed by atoms with Crippen LogP contribution in [0.3, 0.4) is 0 Å². The van der Waals surface area contributed by atoms with Gasteiger partial charge in [0.1, 0.15) is 11.5 Å². The monoisotopic (exact) mass is 320 g/mol. The molecule has 2 aromatic carbocycles. The highest BCUT2D eigenvalue weighted by Crippen LogP contribution is 2.39. The Morgan fingerprint density at radius 1 is 0.625 bits per heavy atom. The molecule has 0 aliphatic heterocycles. The minimum atomic E-state index is 0.280. The van der Waals surface area contributed by atoms with E-state index >= 15 is 0 Å². The zero-order chi connectivity index (χ0) is 17.7. The first-order chi connectivity index (χ1) is 11.6. The zero-order valence-electron chi connectivity index (χ0n) is 14.0. The van der Waals surface area contributed by atoms with E-state index in [1.165, 1.54) is 0 Å². The average Bonchev–Trinajstić information content (AvgIpc) is 2.56. The normalized spacial score (nSPS) is 10.5. The van der Waals surface area contributed by atoms with Gasteiger partial charge in [-0.3, -0.25) is 0 Å². The van der Waals surface area contributed by atoms with Crippen LogP contribution >= 0.6 is 0 Å². The van der Waals surface area contributed by atoms with E-state index in [1.54, 1.807) is 24.3 Å². The summed E-state index contributed by atoms with van der Waals surface area (Å²) in [5.41, 5.74) is 3.26. The van der Waals surface area contributed by atoms with E-state index in [0.717, 1.165) is 33.0 Å². The fourth-order valence-electron chi connectivity index (χ4n) is 3.11. The smallest absolute Gasteiger partial charge is 0.123 e. The second-order valence-electron chi connectivity index (χ2n) is 5.79. The Bertz CT molecular complexity index is 744. The van der Waals surface area contributed by atoms with Gasteiger partial charge >= 0.3 is 0 Å². The minimum absolute atomic E-state index is 0.280. The predicted molar refractivity (Wildman–Crippen MR) is 103 cm³/mol. The van der Waals surface area contributed by atoms with Crippen molar-refractivity contribution in [2.45, 2.75) is 25.7 Å². The molecule has 0 bridgehead atoms. The second-order valence-corrected chi connectivity index (χ2v) is 5.79. The van der Waals surface area contributed by atoms with E-state index in [-0.39, 0.29) is 11.5 Å². The first-order valence-corrected chi connectivity index (χ1v) is 8.03. The standard InChI is InChI=1S/C22H24O2/c1-5-9-15-13-19-18(12-8-4)22(24)16(10-6-2)14-20(19)17(11-7-3)21(15)23/h5-8,13-14,23-24H,1-4,9-12H2. The van der Waals surface area contributed by atoms with Gasteiger partial charge in [-0.15, -0.1) is 26.3 Å². The third-order valence-electron chi connectivity index (χ3n) is 4.18. The summed E-state index contributed by atoms with van der Waals surface area (Å²) in [6.07, 6.45) is 9.32. The lowest BCUT2D eigenvalue weighted by atomic mass is 9.89. The lowest BCUT2D eigenvalue weighted by Gasteiger charge is -2.18. The van der Waals surface area contributed by atoms with Crippen LogP contribution in [0.1, 0.15) is 22.3 Å². The van der Waals surface area contributed by atoms with Crippen molar-refractivity contribution in [1.29, 1.82) is 0 Å². The summed E-state index contributed by atoms with van der Waals surface area (Å²) < 4.78 is 0.